The summed E-state index contributed by atoms with van der Waals surface area (Å²) in [5, 5.41) is 0.655. The molecule has 0 spiro atoms. The number of unbranched alkanes of at least 4 members (excludes halogenated alkanes) is 2. The highest BCUT2D eigenvalue weighted by molar-refractivity contribution is 6.17. The van der Waals surface area contributed by atoms with Crippen molar-refractivity contribution in [1.82, 2.24) is 4.98 Å². The fourth-order valence-corrected chi connectivity index (χ4v) is 1.58. The van der Waals surface area contributed by atoms with Crippen molar-refractivity contribution in [1.29, 1.82) is 0 Å². The molecule has 106 valence electrons. The molecule has 19 heavy (non-hydrogen) atoms. The van der Waals surface area contributed by atoms with Gasteiger partial charge in [0.25, 0.3) is 0 Å². The fourth-order valence-electron chi connectivity index (χ4n) is 1.39. The van der Waals surface area contributed by atoms with Gasteiger partial charge in [-0.3, -0.25) is 0 Å². The van der Waals surface area contributed by atoms with E-state index >= 15 is 0 Å². The number of aromatic amines is 1. The largest absolute Gasteiger partial charge is 0.361 e. The van der Waals surface area contributed by atoms with Crippen LogP contribution in [0.4, 0.5) is 4.39 Å². The molecule has 0 saturated heterocycles. The lowest BCUT2D eigenvalue weighted by atomic mass is 10.2. The third-order valence-corrected chi connectivity index (χ3v) is 2.55. The summed E-state index contributed by atoms with van der Waals surface area (Å²) in [5.74, 6) is 0.659. The molecular formula is C15H21ClFNO. The monoisotopic (exact) mass is 285 g/mol. The standard InChI is InChI=1S/C8H6FN.C5H11Cl.C2H4O/c9-7-2-1-3-8-6(7)4-5-10-8;1-2-3-4-5-6;1-2-3/h1-5,10H;2-5H2,1H3;2H,1H3. The van der Waals surface area contributed by atoms with E-state index in [0.29, 0.717) is 5.39 Å². The topological polar surface area (TPSA) is 32.9 Å². The Hall–Kier alpha value is -1.35. The van der Waals surface area contributed by atoms with Crippen molar-refractivity contribution in [2.75, 3.05) is 5.88 Å². The van der Waals surface area contributed by atoms with Crippen LogP contribution in [0.2, 0.25) is 0 Å². The molecule has 0 aliphatic heterocycles. The number of halogens is 2. The van der Waals surface area contributed by atoms with E-state index in [1.165, 1.54) is 32.3 Å². The Morgan fingerprint density at radius 1 is 1.32 bits per heavy atom. The Morgan fingerprint density at radius 2 is 2.00 bits per heavy atom. The van der Waals surface area contributed by atoms with Crippen LogP contribution in [-0.4, -0.2) is 17.2 Å². The number of carbonyl (C=O) groups excluding carboxylic acids is 1. The Morgan fingerprint density at radius 3 is 2.47 bits per heavy atom. The minimum absolute atomic E-state index is 0.168. The molecule has 0 amide bonds. The lowest BCUT2D eigenvalue weighted by molar-refractivity contribution is -0.106. The third kappa shape index (κ3) is 7.62. The molecular weight excluding hydrogens is 265 g/mol. The molecule has 0 saturated carbocycles. The zero-order valence-electron chi connectivity index (χ0n) is 11.5. The van der Waals surface area contributed by atoms with Gasteiger partial charge in [-0.2, -0.15) is 0 Å². The second-order valence-electron chi connectivity index (χ2n) is 3.81. The maximum atomic E-state index is 12.8. The molecule has 4 heteroatoms. The van der Waals surface area contributed by atoms with Crippen molar-refractivity contribution in [2.45, 2.75) is 33.1 Å². The van der Waals surface area contributed by atoms with Crippen molar-refractivity contribution in [3.05, 3.63) is 36.3 Å². The van der Waals surface area contributed by atoms with Crippen molar-refractivity contribution in [3.8, 4) is 0 Å². The first-order chi connectivity index (χ1) is 9.21. The van der Waals surface area contributed by atoms with Gasteiger partial charge in [0.15, 0.2) is 0 Å². The molecule has 0 radical (unpaired) electrons. The molecule has 0 fully saturated rings. The Kier molecular flexibility index (Phi) is 10.9. The van der Waals surface area contributed by atoms with Gasteiger partial charge in [-0.15, -0.1) is 11.6 Å². The van der Waals surface area contributed by atoms with Gasteiger partial charge in [-0.05, 0) is 31.5 Å². The first-order valence-corrected chi connectivity index (χ1v) is 6.92. The number of fused-ring (bicyclic) bond motifs is 1. The van der Waals surface area contributed by atoms with Gasteiger partial charge in [0, 0.05) is 23.0 Å². The van der Waals surface area contributed by atoms with Gasteiger partial charge in [-0.1, -0.05) is 25.8 Å². The number of aldehydes is 1. The normalized spacial score (nSPS) is 9.05. The summed E-state index contributed by atoms with van der Waals surface area (Å²) in [6, 6.07) is 6.72. The molecule has 0 bridgehead atoms. The second kappa shape index (κ2) is 11.7. The van der Waals surface area contributed by atoms with E-state index in [1.807, 2.05) is 6.07 Å². The Labute approximate surface area is 119 Å². The number of aromatic nitrogens is 1. The van der Waals surface area contributed by atoms with E-state index in [2.05, 4.69) is 11.9 Å². The van der Waals surface area contributed by atoms with E-state index in [0.717, 1.165) is 17.7 Å². The molecule has 2 rings (SSSR count). The highest BCUT2D eigenvalue weighted by atomic mass is 35.5. The number of rotatable bonds is 3. The molecule has 0 atom stereocenters. The Balaban J connectivity index is 0.000000312. The van der Waals surface area contributed by atoms with Crippen LogP contribution in [0.3, 0.4) is 0 Å². The third-order valence-electron chi connectivity index (χ3n) is 2.28. The quantitative estimate of drug-likeness (QED) is 0.484. The SMILES string of the molecule is CC=O.CCCCCCl.Fc1cccc2[nH]ccc12. The summed E-state index contributed by atoms with van der Waals surface area (Å²) in [7, 11) is 0. The fraction of sp³-hybridized carbons (Fsp3) is 0.400. The first kappa shape index (κ1) is 17.6. The Bertz CT molecular complexity index is 452. The molecule has 1 aromatic heterocycles. The summed E-state index contributed by atoms with van der Waals surface area (Å²) in [6.07, 6.45) is 6.21. The molecule has 2 aromatic rings. The van der Waals surface area contributed by atoms with Gasteiger partial charge < -0.3 is 9.78 Å². The van der Waals surface area contributed by atoms with Crippen LogP contribution in [0.15, 0.2) is 30.5 Å². The molecule has 1 heterocycles. The van der Waals surface area contributed by atoms with E-state index in [1.54, 1.807) is 18.3 Å². The van der Waals surface area contributed by atoms with Crippen LogP contribution in [0, 0.1) is 5.82 Å². The number of carbonyl (C=O) groups is 1. The smallest absolute Gasteiger partial charge is 0.132 e. The number of H-pyrrole nitrogens is 1. The summed E-state index contributed by atoms with van der Waals surface area (Å²) in [4.78, 5) is 11.7. The van der Waals surface area contributed by atoms with Gasteiger partial charge in [0.2, 0.25) is 0 Å². The lowest BCUT2D eigenvalue weighted by Gasteiger charge is -1.88. The number of hydrogen-bond donors (Lipinski definition) is 1. The molecule has 2 nitrogen and oxygen atoms in total. The van der Waals surface area contributed by atoms with Gasteiger partial charge >= 0.3 is 0 Å². The summed E-state index contributed by atoms with van der Waals surface area (Å²) in [5.41, 5.74) is 0.847. The number of hydrogen-bond acceptors (Lipinski definition) is 1. The summed E-state index contributed by atoms with van der Waals surface area (Å²) >= 11 is 5.38. The van der Waals surface area contributed by atoms with Crippen molar-refractivity contribution >= 4 is 28.8 Å². The average molecular weight is 286 g/mol. The highest BCUT2D eigenvalue weighted by Gasteiger charge is 1.97. The van der Waals surface area contributed by atoms with E-state index in [-0.39, 0.29) is 5.82 Å². The second-order valence-corrected chi connectivity index (χ2v) is 4.19. The van der Waals surface area contributed by atoms with Crippen LogP contribution in [0.1, 0.15) is 33.1 Å². The van der Waals surface area contributed by atoms with Gasteiger partial charge in [0.05, 0.1) is 0 Å². The number of benzene rings is 1. The maximum Gasteiger partial charge on any atom is 0.132 e. The zero-order valence-corrected chi connectivity index (χ0v) is 12.2. The lowest BCUT2D eigenvalue weighted by Crippen LogP contribution is -1.72. The first-order valence-electron chi connectivity index (χ1n) is 6.38. The maximum absolute atomic E-state index is 12.8. The zero-order chi connectivity index (χ0) is 14.5. The van der Waals surface area contributed by atoms with Gasteiger partial charge in [0.1, 0.15) is 12.1 Å². The molecule has 0 aliphatic rings. The predicted octanol–water partition coefficient (Wildman–Crippen LogP) is 4.93. The predicted molar refractivity (Wildman–Crippen MR) is 80.2 cm³/mol. The van der Waals surface area contributed by atoms with Crippen LogP contribution in [-0.2, 0) is 4.79 Å². The molecule has 0 unspecified atom stereocenters. The summed E-state index contributed by atoms with van der Waals surface area (Å²) in [6.45, 7) is 3.62. The van der Waals surface area contributed by atoms with Gasteiger partial charge in [-0.25, -0.2) is 4.39 Å². The van der Waals surface area contributed by atoms with E-state index in [9.17, 15) is 4.39 Å². The summed E-state index contributed by atoms with van der Waals surface area (Å²) < 4.78 is 12.8. The van der Waals surface area contributed by atoms with Crippen molar-refractivity contribution in [2.24, 2.45) is 0 Å². The minimum Gasteiger partial charge on any atom is -0.361 e. The molecule has 0 aliphatic carbocycles. The van der Waals surface area contributed by atoms with Crippen LogP contribution >= 0.6 is 11.6 Å². The van der Waals surface area contributed by atoms with E-state index in [4.69, 9.17) is 16.4 Å². The molecule has 1 N–H and O–H groups in total. The van der Waals surface area contributed by atoms with Crippen LogP contribution in [0.5, 0.6) is 0 Å². The molecule has 1 aromatic carbocycles. The highest BCUT2D eigenvalue weighted by Crippen LogP contribution is 2.14. The van der Waals surface area contributed by atoms with Crippen molar-refractivity contribution < 1.29 is 9.18 Å². The van der Waals surface area contributed by atoms with Crippen LogP contribution in [0.25, 0.3) is 10.9 Å². The van der Waals surface area contributed by atoms with E-state index < -0.39 is 0 Å². The average Bonchev–Trinajstić information content (AvgIpc) is 2.88. The van der Waals surface area contributed by atoms with Crippen molar-refractivity contribution in [3.63, 3.8) is 0 Å². The van der Waals surface area contributed by atoms with Crippen LogP contribution < -0.4 is 0 Å². The number of alkyl halides is 1. The minimum atomic E-state index is -0.168. The number of nitrogens with one attached hydrogen (secondary N) is 1.